The number of aromatic nitrogens is 4. The Morgan fingerprint density at radius 2 is 1.05 bits per heavy atom. The third kappa shape index (κ3) is 12.5. The Kier molecular flexibility index (Phi) is 18.0. The number of anilines is 1. The maximum atomic E-state index is 4.93. The van der Waals surface area contributed by atoms with Crippen molar-refractivity contribution in [1.82, 2.24) is 24.0 Å². The van der Waals surface area contributed by atoms with Gasteiger partial charge in [0.25, 0.3) is 0 Å². The Bertz CT molecular complexity index is 1940. The van der Waals surface area contributed by atoms with Gasteiger partial charge in [-0.25, -0.2) is 9.97 Å². The molecule has 2 heterocycles. The number of rotatable bonds is 21. The van der Waals surface area contributed by atoms with Crippen LogP contribution in [0.4, 0.5) is 5.69 Å². The molecular formula is C49H63BrN6. The molecule has 6 rings (SSSR count). The molecule has 2 aromatic heterocycles. The topological polar surface area (TPSA) is 42.1 Å². The lowest BCUT2D eigenvalue weighted by molar-refractivity contribution is 0.245. The van der Waals surface area contributed by atoms with Crippen molar-refractivity contribution < 1.29 is 0 Å². The monoisotopic (exact) mass is 814 g/mol. The molecule has 0 N–H and O–H groups in total. The fourth-order valence-corrected chi connectivity index (χ4v) is 7.53. The van der Waals surface area contributed by atoms with Gasteiger partial charge in [-0.15, -0.1) is 0 Å². The third-order valence-electron chi connectivity index (χ3n) is 10.2. The molecule has 7 heteroatoms. The molecule has 0 aliphatic heterocycles. The van der Waals surface area contributed by atoms with Crippen LogP contribution in [0.1, 0.15) is 96.0 Å². The molecule has 0 atom stereocenters. The number of nitrogens with zero attached hydrogens (tertiary/aromatic N) is 6. The van der Waals surface area contributed by atoms with E-state index in [4.69, 9.17) is 9.97 Å². The Labute approximate surface area is 345 Å². The first-order valence-corrected chi connectivity index (χ1v) is 21.8. The maximum Gasteiger partial charge on any atom is 0.141 e. The fourth-order valence-electron chi connectivity index (χ4n) is 7.02. The van der Waals surface area contributed by atoms with Gasteiger partial charge in [-0.2, -0.15) is 0 Å². The molecule has 0 saturated heterocycles. The highest BCUT2D eigenvalue weighted by Crippen LogP contribution is 2.29. The third-order valence-corrected chi connectivity index (χ3v) is 10.8. The molecule has 0 saturated carbocycles. The predicted molar refractivity (Wildman–Crippen MR) is 241 cm³/mol. The molecular weight excluding hydrogens is 752 g/mol. The zero-order valence-corrected chi connectivity index (χ0v) is 35.9. The predicted octanol–water partition coefficient (Wildman–Crippen LogP) is 13.1. The van der Waals surface area contributed by atoms with Crippen molar-refractivity contribution in [1.29, 1.82) is 0 Å². The van der Waals surface area contributed by atoms with Gasteiger partial charge in [0.2, 0.25) is 0 Å². The Morgan fingerprint density at radius 1 is 0.536 bits per heavy atom. The van der Waals surface area contributed by atoms with E-state index in [1.807, 2.05) is 0 Å². The van der Waals surface area contributed by atoms with E-state index in [9.17, 15) is 0 Å². The van der Waals surface area contributed by atoms with Gasteiger partial charge in [0.05, 0.1) is 24.1 Å². The highest BCUT2D eigenvalue weighted by Gasteiger charge is 2.20. The number of benzene rings is 4. The first-order chi connectivity index (χ1) is 27.6. The van der Waals surface area contributed by atoms with Crippen molar-refractivity contribution in [3.63, 3.8) is 0 Å². The number of hydrogen-bond donors (Lipinski definition) is 0. The Balaban J connectivity index is 0.000000215. The SMILES string of the molecule is CCCCN(Cc1ccccc1)Cc1c(Br)nc(-c2ccccc2)n1CCCC.CCCCN(Cc1cnc(-c2ccccc2)n1CCCC)c1ccccc1. The second-order valence-corrected chi connectivity index (χ2v) is 15.4. The van der Waals surface area contributed by atoms with E-state index < -0.39 is 0 Å². The standard InChI is InChI=1S/C25H32BrN3.C24H31N3/c1-3-5-17-28(19-21-13-9-7-10-14-21)20-23-24(26)27-25(29(23)18-6-4-2)22-15-11-8-12-16-22;1-3-5-17-26(22-15-11-8-12-16-22)20-23-19-25-24(27(23)18-6-4-2)21-13-9-7-10-14-21/h7-16H,3-6,17-20H2,1-2H3;7-16,19H,3-6,17-18,20H2,1-2H3. The van der Waals surface area contributed by atoms with Gasteiger partial charge in [-0.1, -0.05) is 163 Å². The lowest BCUT2D eigenvalue weighted by atomic mass is 10.2. The first kappa shape index (κ1) is 42.7. The zero-order chi connectivity index (χ0) is 39.4. The van der Waals surface area contributed by atoms with E-state index in [1.54, 1.807) is 0 Å². The highest BCUT2D eigenvalue weighted by atomic mass is 79.9. The first-order valence-electron chi connectivity index (χ1n) is 21.0. The van der Waals surface area contributed by atoms with Crippen LogP contribution in [0.5, 0.6) is 0 Å². The quantitative estimate of drug-likeness (QED) is 0.0726. The molecule has 4 aromatic carbocycles. The van der Waals surface area contributed by atoms with E-state index in [2.05, 4.69) is 190 Å². The largest absolute Gasteiger partial charge is 0.366 e. The number of para-hydroxylation sites is 1. The maximum absolute atomic E-state index is 4.93. The fraction of sp³-hybridized carbons (Fsp3) is 0.388. The minimum Gasteiger partial charge on any atom is -0.366 e. The lowest BCUT2D eigenvalue weighted by Crippen LogP contribution is -2.25. The van der Waals surface area contributed by atoms with Gasteiger partial charge >= 0.3 is 0 Å². The molecule has 6 nitrogen and oxygen atoms in total. The molecule has 0 fully saturated rings. The average molecular weight is 816 g/mol. The molecule has 296 valence electrons. The number of imidazole rings is 2. The van der Waals surface area contributed by atoms with Crippen LogP contribution in [-0.2, 0) is 32.7 Å². The van der Waals surface area contributed by atoms with Crippen LogP contribution < -0.4 is 4.90 Å². The summed E-state index contributed by atoms with van der Waals surface area (Å²) in [6.07, 6.45) is 11.6. The summed E-state index contributed by atoms with van der Waals surface area (Å²) in [5.74, 6) is 2.15. The van der Waals surface area contributed by atoms with E-state index in [0.29, 0.717) is 0 Å². The van der Waals surface area contributed by atoms with Gasteiger partial charge in [-0.05, 0) is 65.9 Å². The molecule has 0 aliphatic carbocycles. The minimum atomic E-state index is 0.896. The molecule has 0 bridgehead atoms. The lowest BCUT2D eigenvalue weighted by Gasteiger charge is -2.25. The van der Waals surface area contributed by atoms with E-state index >= 15 is 0 Å². The summed E-state index contributed by atoms with van der Waals surface area (Å²) in [6, 6.07) is 42.6. The van der Waals surface area contributed by atoms with Crippen molar-refractivity contribution in [2.45, 2.75) is 112 Å². The summed E-state index contributed by atoms with van der Waals surface area (Å²) >= 11 is 3.78. The molecule has 0 amide bonds. The molecule has 6 aromatic rings. The van der Waals surface area contributed by atoms with Crippen LogP contribution in [0, 0.1) is 0 Å². The molecule has 0 spiro atoms. The van der Waals surface area contributed by atoms with E-state index in [-0.39, 0.29) is 0 Å². The number of unbranched alkanes of at least 4 members (excludes halogenated alkanes) is 4. The van der Waals surface area contributed by atoms with Gasteiger partial charge in [0.15, 0.2) is 0 Å². The second-order valence-electron chi connectivity index (χ2n) is 14.6. The normalized spacial score (nSPS) is 11.1. The molecule has 0 radical (unpaired) electrons. The van der Waals surface area contributed by atoms with Crippen molar-refractivity contribution in [2.24, 2.45) is 0 Å². The highest BCUT2D eigenvalue weighted by molar-refractivity contribution is 9.10. The van der Waals surface area contributed by atoms with Crippen LogP contribution in [-0.4, -0.2) is 37.1 Å². The van der Waals surface area contributed by atoms with Crippen LogP contribution in [0.2, 0.25) is 0 Å². The number of hydrogen-bond acceptors (Lipinski definition) is 4. The Hall–Kier alpha value is -4.46. The van der Waals surface area contributed by atoms with Gasteiger partial charge < -0.3 is 14.0 Å². The Morgan fingerprint density at radius 3 is 1.64 bits per heavy atom. The molecule has 0 unspecified atom stereocenters. The van der Waals surface area contributed by atoms with E-state index in [1.165, 1.54) is 78.7 Å². The summed E-state index contributed by atoms with van der Waals surface area (Å²) in [5.41, 5.74) is 7.60. The molecule has 56 heavy (non-hydrogen) atoms. The van der Waals surface area contributed by atoms with Crippen molar-refractivity contribution in [2.75, 3.05) is 18.0 Å². The van der Waals surface area contributed by atoms with Gasteiger partial charge in [0, 0.05) is 49.5 Å². The summed E-state index contributed by atoms with van der Waals surface area (Å²) in [7, 11) is 0. The van der Waals surface area contributed by atoms with Crippen LogP contribution in [0.3, 0.4) is 0 Å². The number of halogens is 1. The van der Waals surface area contributed by atoms with Gasteiger partial charge in [-0.3, -0.25) is 4.90 Å². The molecule has 0 aliphatic rings. The summed E-state index contributed by atoms with van der Waals surface area (Å²) < 4.78 is 5.81. The van der Waals surface area contributed by atoms with Crippen LogP contribution in [0.15, 0.2) is 132 Å². The van der Waals surface area contributed by atoms with Crippen LogP contribution >= 0.6 is 15.9 Å². The van der Waals surface area contributed by atoms with E-state index in [0.717, 1.165) is 68.5 Å². The summed E-state index contributed by atoms with van der Waals surface area (Å²) in [5, 5.41) is 0. The van der Waals surface area contributed by atoms with Crippen molar-refractivity contribution in [3.8, 4) is 22.8 Å². The van der Waals surface area contributed by atoms with Crippen molar-refractivity contribution in [3.05, 3.63) is 149 Å². The second kappa shape index (κ2) is 23.6. The summed E-state index contributed by atoms with van der Waals surface area (Å²) in [6.45, 7) is 16.0. The van der Waals surface area contributed by atoms with Crippen LogP contribution in [0.25, 0.3) is 22.8 Å². The van der Waals surface area contributed by atoms with Gasteiger partial charge in [0.1, 0.15) is 16.3 Å². The smallest absolute Gasteiger partial charge is 0.141 e. The average Bonchev–Trinajstić information content (AvgIpc) is 3.80. The van der Waals surface area contributed by atoms with Crippen molar-refractivity contribution >= 4 is 21.6 Å². The zero-order valence-electron chi connectivity index (χ0n) is 34.3. The minimum absolute atomic E-state index is 0.896. The summed E-state index contributed by atoms with van der Waals surface area (Å²) in [4.78, 5) is 14.8.